The summed E-state index contributed by atoms with van der Waals surface area (Å²) in [5.41, 5.74) is -1.74. The van der Waals surface area contributed by atoms with Crippen molar-refractivity contribution in [3.63, 3.8) is 0 Å². The van der Waals surface area contributed by atoms with Crippen LogP contribution >= 0.6 is 0 Å². The number of hydrogen-bond donors (Lipinski definition) is 0. The normalized spacial score (nSPS) is 39.3. The average molecular weight is 402 g/mol. The SMILES string of the molecule is C=C[C@@]1(C)CC(=O)C2=C(C1=O)[C@H](OC(C)=O)C[C@H]1[C@](C)(C(=O)OC)CCC[C@]21C. The molecule has 5 atom stereocenters. The predicted octanol–water partition coefficient (Wildman–Crippen LogP) is 3.34. The molecular formula is C23H30O6. The van der Waals surface area contributed by atoms with E-state index in [4.69, 9.17) is 9.47 Å². The Labute approximate surface area is 171 Å². The Balaban J connectivity index is 2.26. The van der Waals surface area contributed by atoms with Gasteiger partial charge in [0.2, 0.25) is 0 Å². The van der Waals surface area contributed by atoms with Crippen LogP contribution in [0.1, 0.15) is 59.8 Å². The second-order valence-electron chi connectivity index (χ2n) is 9.41. The summed E-state index contributed by atoms with van der Waals surface area (Å²) in [5, 5.41) is 0. The first-order chi connectivity index (χ1) is 13.4. The minimum absolute atomic E-state index is 0.0399. The van der Waals surface area contributed by atoms with E-state index in [1.165, 1.54) is 20.1 Å². The second kappa shape index (κ2) is 6.92. The van der Waals surface area contributed by atoms with E-state index in [-0.39, 0.29) is 29.9 Å². The molecule has 1 fully saturated rings. The van der Waals surface area contributed by atoms with Crippen molar-refractivity contribution in [2.24, 2.45) is 22.2 Å². The van der Waals surface area contributed by atoms with Gasteiger partial charge < -0.3 is 9.47 Å². The van der Waals surface area contributed by atoms with Gasteiger partial charge in [-0.2, -0.15) is 0 Å². The molecule has 3 aliphatic rings. The number of Topliss-reactive ketones (excluding diaryl/α,β-unsaturated/α-hetero) is 2. The molecule has 6 heteroatoms. The van der Waals surface area contributed by atoms with Crippen molar-refractivity contribution >= 4 is 23.5 Å². The van der Waals surface area contributed by atoms with Gasteiger partial charge in [-0.15, -0.1) is 6.58 Å². The Bertz CT molecular complexity index is 838. The van der Waals surface area contributed by atoms with E-state index >= 15 is 0 Å². The molecule has 0 heterocycles. The molecule has 0 saturated heterocycles. The summed E-state index contributed by atoms with van der Waals surface area (Å²) in [4.78, 5) is 51.4. The molecule has 0 amide bonds. The minimum atomic E-state index is -1.02. The van der Waals surface area contributed by atoms with Crippen LogP contribution in [0.4, 0.5) is 0 Å². The lowest BCUT2D eigenvalue weighted by Gasteiger charge is -2.56. The number of rotatable bonds is 3. The van der Waals surface area contributed by atoms with Crippen LogP contribution in [0.5, 0.6) is 0 Å². The smallest absolute Gasteiger partial charge is 0.311 e. The lowest BCUT2D eigenvalue weighted by atomic mass is 9.46. The van der Waals surface area contributed by atoms with E-state index in [1.807, 2.05) is 13.8 Å². The second-order valence-corrected chi connectivity index (χ2v) is 9.41. The molecular weight excluding hydrogens is 372 g/mol. The van der Waals surface area contributed by atoms with Crippen LogP contribution in [0.2, 0.25) is 0 Å². The van der Waals surface area contributed by atoms with Gasteiger partial charge in [0.05, 0.1) is 17.9 Å². The van der Waals surface area contributed by atoms with E-state index in [9.17, 15) is 19.2 Å². The van der Waals surface area contributed by atoms with Gasteiger partial charge in [0, 0.05) is 29.9 Å². The van der Waals surface area contributed by atoms with E-state index in [0.717, 1.165) is 6.42 Å². The summed E-state index contributed by atoms with van der Waals surface area (Å²) in [7, 11) is 1.36. The molecule has 0 radical (unpaired) electrons. The summed E-state index contributed by atoms with van der Waals surface area (Å²) in [5.74, 6) is -1.46. The van der Waals surface area contributed by atoms with Crippen molar-refractivity contribution in [3.05, 3.63) is 23.8 Å². The lowest BCUT2D eigenvalue weighted by Crippen LogP contribution is -2.57. The zero-order chi connectivity index (χ0) is 21.8. The third-order valence-corrected chi connectivity index (χ3v) is 7.52. The monoisotopic (exact) mass is 402 g/mol. The lowest BCUT2D eigenvalue weighted by molar-refractivity contribution is -0.167. The zero-order valence-corrected chi connectivity index (χ0v) is 17.9. The topological polar surface area (TPSA) is 86.7 Å². The van der Waals surface area contributed by atoms with Crippen LogP contribution in [0.3, 0.4) is 0 Å². The fraction of sp³-hybridized carbons (Fsp3) is 0.652. The van der Waals surface area contributed by atoms with E-state index in [1.54, 1.807) is 6.92 Å². The summed E-state index contributed by atoms with van der Waals surface area (Å²) in [6.45, 7) is 10.6. The minimum Gasteiger partial charge on any atom is -0.469 e. The van der Waals surface area contributed by atoms with Crippen molar-refractivity contribution in [2.45, 2.75) is 65.9 Å². The number of allylic oxidation sites excluding steroid dienone is 2. The first-order valence-electron chi connectivity index (χ1n) is 10.2. The van der Waals surface area contributed by atoms with Crippen molar-refractivity contribution < 1.29 is 28.7 Å². The van der Waals surface area contributed by atoms with Crippen LogP contribution in [0, 0.1) is 22.2 Å². The summed E-state index contributed by atoms with van der Waals surface area (Å²) in [6.07, 6.45) is 3.08. The Hall–Kier alpha value is -2.24. The predicted molar refractivity (Wildman–Crippen MR) is 106 cm³/mol. The Morgan fingerprint density at radius 1 is 1.17 bits per heavy atom. The number of ketones is 2. The number of ether oxygens (including phenoxy) is 2. The molecule has 0 aromatic carbocycles. The van der Waals surface area contributed by atoms with Crippen LogP contribution in [-0.4, -0.2) is 36.7 Å². The van der Waals surface area contributed by atoms with Crippen LogP contribution in [-0.2, 0) is 28.7 Å². The number of methoxy groups -OCH3 is 1. The quantitative estimate of drug-likeness (QED) is 0.532. The average Bonchev–Trinajstić information content (AvgIpc) is 2.65. The largest absolute Gasteiger partial charge is 0.469 e. The molecule has 0 aliphatic heterocycles. The van der Waals surface area contributed by atoms with Gasteiger partial charge in [0.25, 0.3) is 0 Å². The maximum Gasteiger partial charge on any atom is 0.311 e. The van der Waals surface area contributed by atoms with Gasteiger partial charge >= 0.3 is 11.9 Å². The molecule has 0 bridgehead atoms. The molecule has 158 valence electrons. The maximum absolute atomic E-state index is 13.5. The summed E-state index contributed by atoms with van der Waals surface area (Å²) in [6, 6.07) is 0. The molecule has 29 heavy (non-hydrogen) atoms. The van der Waals surface area contributed by atoms with Gasteiger partial charge in [-0.1, -0.05) is 19.4 Å². The fourth-order valence-electron chi connectivity index (χ4n) is 5.98. The maximum atomic E-state index is 13.5. The van der Waals surface area contributed by atoms with Crippen molar-refractivity contribution in [1.82, 2.24) is 0 Å². The zero-order valence-electron chi connectivity index (χ0n) is 17.9. The fourth-order valence-corrected chi connectivity index (χ4v) is 5.98. The van der Waals surface area contributed by atoms with E-state index in [2.05, 4.69) is 6.58 Å². The van der Waals surface area contributed by atoms with Crippen molar-refractivity contribution in [3.8, 4) is 0 Å². The number of esters is 2. The standard InChI is InChI=1S/C23H30O6/c1-7-21(3)12-14(25)18-17(19(21)26)15(29-13(2)24)11-16-22(18,4)9-8-10-23(16,5)20(27)28-6/h7,15-16H,1,8-12H2,2-6H3/t15-,16-,21+,22+,23-/m1/s1. The highest BCUT2D eigenvalue weighted by molar-refractivity contribution is 6.16. The molecule has 3 rings (SSSR count). The molecule has 0 aromatic rings. The molecule has 1 saturated carbocycles. The highest BCUT2D eigenvalue weighted by Gasteiger charge is 2.62. The number of hydrogen-bond acceptors (Lipinski definition) is 6. The summed E-state index contributed by atoms with van der Waals surface area (Å²) >= 11 is 0. The highest BCUT2D eigenvalue weighted by Crippen LogP contribution is 2.62. The molecule has 3 aliphatic carbocycles. The van der Waals surface area contributed by atoms with Gasteiger partial charge in [0.1, 0.15) is 6.10 Å². The van der Waals surface area contributed by atoms with Gasteiger partial charge in [-0.05, 0) is 39.0 Å². The third kappa shape index (κ3) is 2.99. The number of fused-ring (bicyclic) bond motifs is 2. The van der Waals surface area contributed by atoms with Gasteiger partial charge in [0.15, 0.2) is 11.6 Å². The number of carbonyl (C=O) groups excluding carboxylic acids is 4. The first-order valence-corrected chi connectivity index (χ1v) is 10.2. The van der Waals surface area contributed by atoms with Gasteiger partial charge in [-0.3, -0.25) is 19.2 Å². The molecule has 0 N–H and O–H groups in total. The molecule has 0 aromatic heterocycles. The Kier molecular flexibility index (Phi) is 5.13. The summed E-state index contributed by atoms with van der Waals surface area (Å²) < 4.78 is 10.7. The van der Waals surface area contributed by atoms with Crippen molar-refractivity contribution in [2.75, 3.05) is 7.11 Å². The van der Waals surface area contributed by atoms with Crippen molar-refractivity contribution in [1.29, 1.82) is 0 Å². The Morgan fingerprint density at radius 2 is 1.83 bits per heavy atom. The van der Waals surface area contributed by atoms with Crippen LogP contribution < -0.4 is 0 Å². The molecule has 0 unspecified atom stereocenters. The van der Waals surface area contributed by atoms with Crippen LogP contribution in [0.15, 0.2) is 23.8 Å². The first kappa shape index (κ1) is 21.5. The number of carbonyl (C=O) groups is 4. The highest BCUT2D eigenvalue weighted by atomic mass is 16.5. The van der Waals surface area contributed by atoms with Crippen LogP contribution in [0.25, 0.3) is 0 Å². The molecule has 6 nitrogen and oxygen atoms in total. The Morgan fingerprint density at radius 3 is 2.38 bits per heavy atom. The molecule has 0 spiro atoms. The van der Waals surface area contributed by atoms with E-state index in [0.29, 0.717) is 30.4 Å². The van der Waals surface area contributed by atoms with E-state index < -0.39 is 28.3 Å². The van der Waals surface area contributed by atoms with Gasteiger partial charge in [-0.25, -0.2) is 0 Å². The third-order valence-electron chi connectivity index (χ3n) is 7.52.